The average molecular weight is 153 g/mol. The zero-order chi connectivity index (χ0) is 8.27. The van der Waals surface area contributed by atoms with Crippen LogP contribution in [0.5, 0.6) is 0 Å². The lowest BCUT2D eigenvalue weighted by molar-refractivity contribution is 0.891. The van der Waals surface area contributed by atoms with Crippen LogP contribution in [0.25, 0.3) is 0 Å². The van der Waals surface area contributed by atoms with Crippen molar-refractivity contribution in [2.45, 2.75) is 19.9 Å². The van der Waals surface area contributed by atoms with E-state index in [-0.39, 0.29) is 5.69 Å². The molecule has 1 rings (SSSR count). The van der Waals surface area contributed by atoms with Crippen molar-refractivity contribution in [2.24, 2.45) is 0 Å². The fourth-order valence-electron chi connectivity index (χ4n) is 0.754. The van der Waals surface area contributed by atoms with Gasteiger partial charge in [0.05, 0.1) is 11.9 Å². The predicted molar refractivity (Wildman–Crippen MR) is 43.6 cm³/mol. The smallest absolute Gasteiger partial charge is 0.345 e. The van der Waals surface area contributed by atoms with Crippen LogP contribution in [0.4, 0.5) is 5.69 Å². The standard InChI is InChI=1S/C7H11N3O/c1-5(2)10-6-3-8-7(11)9-4-6/h3-5,10H,1-2H3,(H,8,9,11). The van der Waals surface area contributed by atoms with Gasteiger partial charge < -0.3 is 10.3 Å². The molecule has 1 aromatic heterocycles. The van der Waals surface area contributed by atoms with Gasteiger partial charge in [0, 0.05) is 12.2 Å². The van der Waals surface area contributed by atoms with Crippen LogP contribution in [-0.4, -0.2) is 16.0 Å². The van der Waals surface area contributed by atoms with Gasteiger partial charge in [0.25, 0.3) is 0 Å². The van der Waals surface area contributed by atoms with Crippen LogP contribution in [-0.2, 0) is 0 Å². The highest BCUT2D eigenvalue weighted by atomic mass is 16.1. The Morgan fingerprint density at radius 1 is 1.64 bits per heavy atom. The number of aromatic nitrogens is 2. The van der Waals surface area contributed by atoms with Gasteiger partial charge in [-0.3, -0.25) is 0 Å². The summed E-state index contributed by atoms with van der Waals surface area (Å²) < 4.78 is 0. The molecule has 0 saturated heterocycles. The van der Waals surface area contributed by atoms with E-state index in [1.54, 1.807) is 6.20 Å². The van der Waals surface area contributed by atoms with Crippen molar-refractivity contribution in [1.29, 1.82) is 0 Å². The Bertz CT molecular complexity index is 259. The highest BCUT2D eigenvalue weighted by molar-refractivity contribution is 5.37. The summed E-state index contributed by atoms with van der Waals surface area (Å²) in [5.41, 5.74) is 0.513. The maximum Gasteiger partial charge on any atom is 0.345 e. The van der Waals surface area contributed by atoms with Gasteiger partial charge in [0.15, 0.2) is 0 Å². The van der Waals surface area contributed by atoms with Crippen LogP contribution < -0.4 is 11.0 Å². The van der Waals surface area contributed by atoms with Crippen LogP contribution in [0.3, 0.4) is 0 Å². The van der Waals surface area contributed by atoms with Crippen LogP contribution in [0, 0.1) is 0 Å². The first kappa shape index (κ1) is 7.78. The van der Waals surface area contributed by atoms with Gasteiger partial charge in [0.1, 0.15) is 0 Å². The number of aromatic amines is 1. The van der Waals surface area contributed by atoms with Crippen molar-refractivity contribution in [3.63, 3.8) is 0 Å². The highest BCUT2D eigenvalue weighted by Crippen LogP contribution is 2.00. The Morgan fingerprint density at radius 2 is 2.36 bits per heavy atom. The predicted octanol–water partition coefficient (Wildman–Crippen LogP) is 0.590. The van der Waals surface area contributed by atoms with Crippen molar-refractivity contribution in [2.75, 3.05) is 5.32 Å². The topological polar surface area (TPSA) is 57.8 Å². The molecule has 4 nitrogen and oxygen atoms in total. The van der Waals surface area contributed by atoms with Gasteiger partial charge in [-0.2, -0.15) is 4.98 Å². The molecule has 2 N–H and O–H groups in total. The summed E-state index contributed by atoms with van der Waals surface area (Å²) >= 11 is 0. The lowest BCUT2D eigenvalue weighted by Gasteiger charge is -2.07. The molecule has 11 heavy (non-hydrogen) atoms. The Morgan fingerprint density at radius 3 is 2.82 bits per heavy atom. The number of nitrogens with zero attached hydrogens (tertiary/aromatic N) is 1. The van der Waals surface area contributed by atoms with Crippen molar-refractivity contribution in [1.82, 2.24) is 9.97 Å². The molecule has 4 heteroatoms. The number of hydrogen-bond acceptors (Lipinski definition) is 3. The number of nitrogens with one attached hydrogen (secondary N) is 2. The van der Waals surface area contributed by atoms with Gasteiger partial charge in [0.2, 0.25) is 0 Å². The summed E-state index contributed by atoms with van der Waals surface area (Å²) in [6.07, 6.45) is 3.12. The molecule has 0 spiro atoms. The third-order valence-electron chi connectivity index (χ3n) is 1.13. The molecule has 0 aliphatic rings. The second-order valence-corrected chi connectivity index (χ2v) is 2.61. The summed E-state index contributed by atoms with van der Waals surface area (Å²) in [4.78, 5) is 16.5. The van der Waals surface area contributed by atoms with Crippen LogP contribution >= 0.6 is 0 Å². The average Bonchev–Trinajstić information content (AvgIpc) is 1.93. The van der Waals surface area contributed by atoms with Crippen LogP contribution in [0.1, 0.15) is 13.8 Å². The zero-order valence-corrected chi connectivity index (χ0v) is 6.59. The minimum absolute atomic E-state index is 0.320. The van der Waals surface area contributed by atoms with Crippen molar-refractivity contribution >= 4 is 5.69 Å². The Hall–Kier alpha value is -1.32. The first-order chi connectivity index (χ1) is 5.18. The minimum atomic E-state index is -0.320. The molecule has 0 amide bonds. The molecule has 0 aliphatic carbocycles. The van der Waals surface area contributed by atoms with Crippen molar-refractivity contribution in [3.05, 3.63) is 22.9 Å². The fraction of sp³-hybridized carbons (Fsp3) is 0.429. The van der Waals surface area contributed by atoms with E-state index in [2.05, 4.69) is 15.3 Å². The maximum atomic E-state index is 10.5. The molecule has 60 valence electrons. The number of anilines is 1. The van der Waals surface area contributed by atoms with Gasteiger partial charge >= 0.3 is 5.69 Å². The van der Waals surface area contributed by atoms with E-state index in [9.17, 15) is 4.79 Å². The first-order valence-corrected chi connectivity index (χ1v) is 3.50. The van der Waals surface area contributed by atoms with E-state index < -0.39 is 0 Å². The van der Waals surface area contributed by atoms with E-state index in [1.807, 2.05) is 13.8 Å². The summed E-state index contributed by atoms with van der Waals surface area (Å²) in [7, 11) is 0. The van der Waals surface area contributed by atoms with Gasteiger partial charge in [-0.1, -0.05) is 0 Å². The summed E-state index contributed by atoms with van der Waals surface area (Å²) in [5, 5.41) is 3.10. The number of rotatable bonds is 2. The molecule has 0 unspecified atom stereocenters. The molecular weight excluding hydrogens is 142 g/mol. The van der Waals surface area contributed by atoms with Crippen LogP contribution in [0.2, 0.25) is 0 Å². The largest absolute Gasteiger partial charge is 0.380 e. The maximum absolute atomic E-state index is 10.5. The molecule has 0 aromatic carbocycles. The SMILES string of the molecule is CC(C)Nc1cnc(=O)[nH]c1. The molecule has 0 radical (unpaired) electrons. The van der Waals surface area contributed by atoms with E-state index in [0.717, 1.165) is 5.69 Å². The first-order valence-electron chi connectivity index (χ1n) is 3.50. The number of hydrogen-bond donors (Lipinski definition) is 2. The molecule has 0 atom stereocenters. The quantitative estimate of drug-likeness (QED) is 0.653. The molecule has 0 bridgehead atoms. The molecule has 1 aromatic rings. The minimum Gasteiger partial charge on any atom is -0.380 e. The lowest BCUT2D eigenvalue weighted by Crippen LogP contribution is -2.14. The van der Waals surface area contributed by atoms with E-state index in [0.29, 0.717) is 6.04 Å². The van der Waals surface area contributed by atoms with E-state index in [1.165, 1.54) is 6.20 Å². The second-order valence-electron chi connectivity index (χ2n) is 2.61. The van der Waals surface area contributed by atoms with Gasteiger partial charge in [-0.05, 0) is 13.8 Å². The van der Waals surface area contributed by atoms with Gasteiger partial charge in [-0.15, -0.1) is 0 Å². The van der Waals surface area contributed by atoms with Crippen molar-refractivity contribution < 1.29 is 0 Å². The normalized spacial score (nSPS) is 10.1. The Labute approximate surface area is 64.7 Å². The second kappa shape index (κ2) is 3.18. The monoisotopic (exact) mass is 153 g/mol. The third-order valence-corrected chi connectivity index (χ3v) is 1.13. The zero-order valence-electron chi connectivity index (χ0n) is 6.59. The Balaban J connectivity index is 2.74. The highest BCUT2D eigenvalue weighted by Gasteiger charge is 1.93. The lowest BCUT2D eigenvalue weighted by atomic mass is 10.4. The third kappa shape index (κ3) is 2.41. The summed E-state index contributed by atoms with van der Waals surface area (Å²) in [6, 6.07) is 0.350. The number of H-pyrrole nitrogens is 1. The summed E-state index contributed by atoms with van der Waals surface area (Å²) in [5.74, 6) is 0. The summed E-state index contributed by atoms with van der Waals surface area (Å²) in [6.45, 7) is 4.04. The van der Waals surface area contributed by atoms with E-state index in [4.69, 9.17) is 0 Å². The Kier molecular flexibility index (Phi) is 2.25. The molecule has 0 aliphatic heterocycles. The van der Waals surface area contributed by atoms with Crippen LogP contribution in [0.15, 0.2) is 17.2 Å². The van der Waals surface area contributed by atoms with Crippen molar-refractivity contribution in [3.8, 4) is 0 Å². The fourth-order valence-corrected chi connectivity index (χ4v) is 0.754. The van der Waals surface area contributed by atoms with E-state index >= 15 is 0 Å². The molecule has 1 heterocycles. The molecule has 0 saturated carbocycles. The molecule has 0 fully saturated rings. The van der Waals surface area contributed by atoms with Gasteiger partial charge in [-0.25, -0.2) is 4.79 Å². The molecular formula is C7H11N3O.